The molecular formula is C34H37F3O9S. The Morgan fingerprint density at radius 3 is 2.60 bits per heavy atom. The molecule has 3 rings (SSSR count). The Morgan fingerprint density at radius 2 is 1.94 bits per heavy atom. The fourth-order valence-electron chi connectivity index (χ4n) is 5.05. The first-order chi connectivity index (χ1) is 22.2. The Labute approximate surface area is 274 Å². The summed E-state index contributed by atoms with van der Waals surface area (Å²) < 4.78 is 55.1. The third kappa shape index (κ3) is 10.6. The van der Waals surface area contributed by atoms with Crippen molar-refractivity contribution < 1.29 is 52.0 Å². The fourth-order valence-corrected chi connectivity index (χ4v) is 5.24. The number of hydrogen-bond acceptors (Lipinski definition) is 9. The van der Waals surface area contributed by atoms with Crippen molar-refractivity contribution in [3.05, 3.63) is 74.0 Å². The van der Waals surface area contributed by atoms with Crippen molar-refractivity contribution >= 4 is 41.2 Å². The second kappa shape index (κ2) is 17.1. The molecule has 1 heterocycles. The van der Waals surface area contributed by atoms with Crippen LogP contribution in [0.2, 0.25) is 0 Å². The van der Waals surface area contributed by atoms with E-state index in [-0.39, 0.29) is 34.2 Å². The van der Waals surface area contributed by atoms with E-state index in [0.717, 1.165) is 6.42 Å². The van der Waals surface area contributed by atoms with Crippen molar-refractivity contribution in [3.63, 3.8) is 0 Å². The van der Waals surface area contributed by atoms with Crippen LogP contribution >= 0.6 is 12.2 Å². The molecule has 13 heteroatoms. The van der Waals surface area contributed by atoms with Crippen LogP contribution in [0.15, 0.2) is 45.6 Å². The number of halogens is 3. The first kappa shape index (κ1) is 37.2. The van der Waals surface area contributed by atoms with Gasteiger partial charge in [-0.3, -0.25) is 9.59 Å². The van der Waals surface area contributed by atoms with Crippen LogP contribution in [0.3, 0.4) is 0 Å². The highest BCUT2D eigenvalue weighted by Crippen LogP contribution is 2.34. The minimum atomic E-state index is -4.58. The number of benzene rings is 1. The summed E-state index contributed by atoms with van der Waals surface area (Å²) in [5.41, 5.74) is -0.397. The Bertz CT molecular complexity index is 1710. The highest BCUT2D eigenvalue weighted by molar-refractivity contribution is 7.81. The lowest BCUT2D eigenvalue weighted by Crippen LogP contribution is -2.44. The molecule has 2 aromatic rings. The van der Waals surface area contributed by atoms with E-state index in [4.69, 9.17) is 26.1 Å². The average molecular weight is 679 g/mol. The molecule has 1 aromatic heterocycles. The summed E-state index contributed by atoms with van der Waals surface area (Å²) in [6.07, 6.45) is 2.19. The lowest BCUT2D eigenvalue weighted by Gasteiger charge is -2.21. The van der Waals surface area contributed by atoms with Crippen molar-refractivity contribution in [2.45, 2.75) is 83.4 Å². The molecule has 1 aliphatic rings. The van der Waals surface area contributed by atoms with E-state index < -0.39 is 54.1 Å². The molecule has 0 saturated heterocycles. The van der Waals surface area contributed by atoms with Gasteiger partial charge in [0.25, 0.3) is 0 Å². The third-order valence-corrected chi connectivity index (χ3v) is 7.62. The number of thiocarbonyl (C=S) groups is 1. The second-order valence-corrected chi connectivity index (χ2v) is 11.5. The number of alkyl halides is 3. The van der Waals surface area contributed by atoms with E-state index in [1.807, 2.05) is 6.92 Å². The molecule has 254 valence electrons. The largest absolute Gasteiger partial charge is 0.513 e. The van der Waals surface area contributed by atoms with Crippen LogP contribution in [0.5, 0.6) is 17.4 Å². The normalized spacial score (nSPS) is 14.4. The van der Waals surface area contributed by atoms with Gasteiger partial charge in [0.15, 0.2) is 11.2 Å². The Kier molecular flexibility index (Phi) is 13.5. The molecule has 2 atom stereocenters. The van der Waals surface area contributed by atoms with Crippen molar-refractivity contribution in [1.82, 2.24) is 0 Å². The van der Waals surface area contributed by atoms with Crippen molar-refractivity contribution in [1.29, 1.82) is 0 Å². The number of aliphatic hydroxyl groups is 1. The molecule has 0 spiro atoms. The van der Waals surface area contributed by atoms with Gasteiger partial charge in [0.2, 0.25) is 0 Å². The predicted octanol–water partition coefficient (Wildman–Crippen LogP) is 6.04. The summed E-state index contributed by atoms with van der Waals surface area (Å²) in [4.78, 5) is 37.1. The molecule has 0 saturated carbocycles. The monoisotopic (exact) mass is 678 g/mol. The topological polar surface area (TPSA) is 144 Å². The van der Waals surface area contributed by atoms with Crippen LogP contribution in [0.25, 0.3) is 12.2 Å². The highest BCUT2D eigenvalue weighted by atomic mass is 32.1. The molecule has 3 N–H and O–H groups in total. The molecule has 0 bridgehead atoms. The zero-order chi connectivity index (χ0) is 34.7. The lowest BCUT2D eigenvalue weighted by molar-refractivity contribution is -0.140. The molecular weight excluding hydrogens is 641 g/mol. The molecule has 0 amide bonds. The highest BCUT2D eigenvalue weighted by Gasteiger charge is 2.33. The maximum absolute atomic E-state index is 13.5. The maximum Gasteiger partial charge on any atom is 0.513 e. The third-order valence-electron chi connectivity index (χ3n) is 7.34. The quantitative estimate of drug-likeness (QED) is 0.0632. The van der Waals surface area contributed by atoms with Crippen LogP contribution in [-0.2, 0) is 6.42 Å². The van der Waals surface area contributed by atoms with E-state index in [1.165, 1.54) is 37.3 Å². The van der Waals surface area contributed by atoms with Crippen LogP contribution in [0.1, 0.15) is 86.2 Å². The first-order valence-electron chi connectivity index (χ1n) is 15.1. The predicted molar refractivity (Wildman–Crippen MR) is 173 cm³/mol. The van der Waals surface area contributed by atoms with Gasteiger partial charge in [0.1, 0.15) is 16.9 Å². The Balaban J connectivity index is 1.74. The fraction of sp³-hybridized carbons (Fsp3) is 0.412. The number of ketones is 1. The number of rotatable bonds is 16. The van der Waals surface area contributed by atoms with E-state index >= 15 is 0 Å². The standard InChI is InChI=1S/C34H37F3O9S/c1-3-10-24-27(15-14-22(20(2)38)30(24)40)44-18-9-7-5-4-6-8-11-23(26(39)16-17-34(35,36)37)29-31(41)25-13-12-21(47)19-28(25)45-32(29)46-33(42)43/h4,6,8,11,13-15,19,23,26,39-40H,3,5,7,9-10,12,16-18H2,1-2H3,(H,42,43)/b6-4-,11-8+/t23-,26+/m0/s1. The van der Waals surface area contributed by atoms with Gasteiger partial charge < -0.3 is 29.2 Å². The van der Waals surface area contributed by atoms with Crippen molar-refractivity contribution in [2.24, 2.45) is 0 Å². The number of phenols is 1. The van der Waals surface area contributed by atoms with Gasteiger partial charge in [-0.05, 0) is 57.2 Å². The number of ether oxygens (including phenoxy) is 2. The molecule has 0 fully saturated rings. The number of Topliss-reactive ketones (excluding diaryl/α,β-unsaturated/α-hetero) is 1. The summed E-state index contributed by atoms with van der Waals surface area (Å²) in [6, 6.07) is 3.21. The average Bonchev–Trinajstić information content (AvgIpc) is 2.98. The minimum absolute atomic E-state index is 0.0392. The number of allylic oxidation sites excluding steroid dienone is 3. The minimum Gasteiger partial charge on any atom is -0.507 e. The Hall–Kier alpha value is -4.23. The van der Waals surface area contributed by atoms with Crippen molar-refractivity contribution in [3.8, 4) is 17.4 Å². The van der Waals surface area contributed by atoms with Crippen LogP contribution < -0.4 is 25.5 Å². The molecule has 9 nitrogen and oxygen atoms in total. The smallest absolute Gasteiger partial charge is 0.507 e. The number of carbonyl (C=O) groups is 2. The number of aromatic hydroxyl groups is 1. The van der Waals surface area contributed by atoms with Crippen LogP contribution in [0.4, 0.5) is 18.0 Å². The summed E-state index contributed by atoms with van der Waals surface area (Å²) in [7, 11) is 0. The molecule has 47 heavy (non-hydrogen) atoms. The lowest BCUT2D eigenvalue weighted by atomic mass is 9.90. The van der Waals surface area contributed by atoms with E-state index in [9.17, 15) is 42.9 Å². The summed E-state index contributed by atoms with van der Waals surface area (Å²) >= 11 is 5.12. The second-order valence-electron chi connectivity index (χ2n) is 10.9. The van der Waals surface area contributed by atoms with Gasteiger partial charge >= 0.3 is 18.3 Å². The number of carboxylic acid groups (broad SMARTS) is 1. The molecule has 0 unspecified atom stereocenters. The SMILES string of the molecule is CCCc1c(OCCCC/C=C\C=C\[C@H](c2c(OC(=O)O)oc3c(c2=O)=CCC(=S)C=3)[C@H](O)CCC(F)(F)F)ccc(C(C)=O)c1O. The van der Waals surface area contributed by atoms with Gasteiger partial charge in [0, 0.05) is 29.2 Å². The van der Waals surface area contributed by atoms with Crippen LogP contribution in [0, 0.1) is 0 Å². The van der Waals surface area contributed by atoms with Gasteiger partial charge in [-0.25, -0.2) is 4.79 Å². The van der Waals surface area contributed by atoms with E-state index in [0.29, 0.717) is 48.5 Å². The maximum atomic E-state index is 13.5. The number of unbranched alkanes of at least 4 members (excludes halogenated alkanes) is 2. The summed E-state index contributed by atoms with van der Waals surface area (Å²) in [5, 5.41) is 30.6. The number of carbonyl (C=O) groups excluding carboxylic acids is 1. The van der Waals surface area contributed by atoms with Gasteiger partial charge in [-0.1, -0.05) is 55.9 Å². The van der Waals surface area contributed by atoms with Gasteiger partial charge in [-0.15, -0.1) is 0 Å². The molecule has 0 aliphatic heterocycles. The zero-order valence-electron chi connectivity index (χ0n) is 26.0. The summed E-state index contributed by atoms with van der Waals surface area (Å²) in [5.74, 6) is -1.94. The van der Waals surface area contributed by atoms with Crippen LogP contribution in [-0.4, -0.2) is 51.0 Å². The molecule has 1 aromatic carbocycles. The number of hydrogen-bond donors (Lipinski definition) is 3. The number of phenolic OH excluding ortho intramolecular Hbond substituents is 1. The van der Waals surface area contributed by atoms with E-state index in [1.54, 1.807) is 18.2 Å². The number of fused-ring (bicyclic) bond motifs is 1. The zero-order valence-corrected chi connectivity index (χ0v) is 26.8. The Morgan fingerprint density at radius 1 is 1.19 bits per heavy atom. The van der Waals surface area contributed by atoms with E-state index in [2.05, 4.69) is 0 Å². The number of aliphatic hydroxyl groups excluding tert-OH is 1. The summed E-state index contributed by atoms with van der Waals surface area (Å²) in [6.45, 7) is 3.69. The molecule has 1 aliphatic carbocycles. The molecule has 0 radical (unpaired) electrons. The van der Waals surface area contributed by atoms with Gasteiger partial charge in [-0.2, -0.15) is 13.2 Å². The first-order valence-corrected chi connectivity index (χ1v) is 15.5. The van der Waals surface area contributed by atoms with Gasteiger partial charge in [0.05, 0.1) is 29.1 Å². The van der Waals surface area contributed by atoms with Crippen molar-refractivity contribution in [2.75, 3.05) is 6.61 Å².